The summed E-state index contributed by atoms with van der Waals surface area (Å²) < 4.78 is 33.8. The monoisotopic (exact) mass is 540 g/mol. The lowest BCUT2D eigenvalue weighted by Crippen LogP contribution is -2.20. The number of aryl methyl sites for hydroxylation is 1. The molecule has 2 N–H and O–H groups in total. The van der Waals surface area contributed by atoms with Crippen LogP contribution in [0.5, 0.6) is 5.75 Å². The van der Waals surface area contributed by atoms with Gasteiger partial charge in [0.1, 0.15) is 28.5 Å². The van der Waals surface area contributed by atoms with Crippen molar-refractivity contribution < 1.29 is 18.3 Å². The fourth-order valence-corrected chi connectivity index (χ4v) is 3.75. The number of H-pyrrole nitrogens is 1. The zero-order valence-electron chi connectivity index (χ0n) is 15.9. The maximum atomic E-state index is 14.0. The van der Waals surface area contributed by atoms with E-state index in [4.69, 9.17) is 4.74 Å². The largest absolute Gasteiger partial charge is 0.487 e. The van der Waals surface area contributed by atoms with Gasteiger partial charge >= 0.3 is 0 Å². The van der Waals surface area contributed by atoms with E-state index < -0.39 is 17.2 Å². The molecule has 0 fully saturated rings. The summed E-state index contributed by atoms with van der Waals surface area (Å²) in [6.45, 7) is 1.43. The molecule has 1 amide bonds. The van der Waals surface area contributed by atoms with Crippen molar-refractivity contribution in [3.63, 3.8) is 0 Å². The Morgan fingerprint density at radius 1 is 1.17 bits per heavy atom. The molecule has 3 aromatic rings. The Balaban J connectivity index is 2.16. The highest BCUT2D eigenvalue weighted by Crippen LogP contribution is 2.39. The number of carbonyl (C=O) groups excluding carboxylic acids is 1. The molecule has 0 aliphatic heterocycles. The highest BCUT2D eigenvalue weighted by atomic mass is 79.9. The molecule has 0 radical (unpaired) electrons. The van der Waals surface area contributed by atoms with E-state index in [1.165, 1.54) is 13.1 Å². The Labute approximate surface area is 187 Å². The van der Waals surface area contributed by atoms with E-state index in [-0.39, 0.29) is 28.3 Å². The number of aromatic amines is 1. The van der Waals surface area contributed by atoms with Crippen LogP contribution in [0.25, 0.3) is 11.1 Å². The Morgan fingerprint density at radius 2 is 1.90 bits per heavy atom. The SMILES string of the molecule is CNC(=O)c1cc(Br)ccc1-c1c(C)[nH]c(=O)c(Br)c1OCc1ccc(F)cc1F. The van der Waals surface area contributed by atoms with Crippen molar-refractivity contribution in [2.45, 2.75) is 13.5 Å². The molecule has 3 rings (SSSR count). The average Bonchev–Trinajstić information content (AvgIpc) is 2.70. The highest BCUT2D eigenvalue weighted by molar-refractivity contribution is 9.10. The van der Waals surface area contributed by atoms with Crippen LogP contribution in [0.1, 0.15) is 21.6 Å². The molecule has 0 saturated heterocycles. The summed E-state index contributed by atoms with van der Waals surface area (Å²) >= 11 is 6.58. The van der Waals surface area contributed by atoms with Crippen molar-refractivity contribution in [1.29, 1.82) is 0 Å². The van der Waals surface area contributed by atoms with Gasteiger partial charge < -0.3 is 15.0 Å². The minimum absolute atomic E-state index is 0.0939. The van der Waals surface area contributed by atoms with Gasteiger partial charge in [0, 0.05) is 40.0 Å². The number of ether oxygens (including phenoxy) is 1. The molecular weight excluding hydrogens is 526 g/mol. The Kier molecular flexibility index (Phi) is 6.72. The quantitative estimate of drug-likeness (QED) is 0.472. The van der Waals surface area contributed by atoms with Gasteiger partial charge in [-0.05, 0) is 52.7 Å². The van der Waals surface area contributed by atoms with Gasteiger partial charge in [-0.25, -0.2) is 8.78 Å². The maximum absolute atomic E-state index is 14.0. The van der Waals surface area contributed by atoms with E-state index in [0.717, 1.165) is 12.1 Å². The van der Waals surface area contributed by atoms with E-state index in [2.05, 4.69) is 42.2 Å². The van der Waals surface area contributed by atoms with Crippen LogP contribution in [0, 0.1) is 18.6 Å². The Hall–Kier alpha value is -2.52. The fourth-order valence-electron chi connectivity index (χ4n) is 2.98. The summed E-state index contributed by atoms with van der Waals surface area (Å²) in [5.74, 6) is -1.64. The third-order valence-electron chi connectivity index (χ3n) is 4.41. The van der Waals surface area contributed by atoms with Crippen LogP contribution in [-0.2, 0) is 6.61 Å². The second kappa shape index (κ2) is 9.09. The van der Waals surface area contributed by atoms with Crippen LogP contribution < -0.4 is 15.6 Å². The predicted molar refractivity (Wildman–Crippen MR) is 117 cm³/mol. The number of hydrogen-bond donors (Lipinski definition) is 2. The standard InChI is InChI=1S/C21H16Br2F2N2O3/c1-10-17(14-6-4-12(22)7-15(14)20(28)26-2)19(18(23)21(29)27-10)30-9-11-3-5-13(24)8-16(11)25/h3-8H,9H2,1-2H3,(H,26,28)(H,27,29). The van der Waals surface area contributed by atoms with E-state index in [1.807, 2.05) is 0 Å². The normalized spacial score (nSPS) is 10.7. The first-order valence-corrected chi connectivity index (χ1v) is 10.3. The van der Waals surface area contributed by atoms with Crippen molar-refractivity contribution >= 4 is 37.8 Å². The van der Waals surface area contributed by atoms with Gasteiger partial charge in [0.2, 0.25) is 0 Å². The van der Waals surface area contributed by atoms with E-state index in [9.17, 15) is 18.4 Å². The van der Waals surface area contributed by atoms with Gasteiger partial charge in [0.05, 0.1) is 0 Å². The van der Waals surface area contributed by atoms with E-state index >= 15 is 0 Å². The second-order valence-corrected chi connectivity index (χ2v) is 8.10. The summed E-state index contributed by atoms with van der Waals surface area (Å²) in [5, 5.41) is 2.58. The summed E-state index contributed by atoms with van der Waals surface area (Å²) in [7, 11) is 1.51. The van der Waals surface area contributed by atoms with Crippen molar-refractivity contribution in [3.8, 4) is 16.9 Å². The molecule has 0 saturated carbocycles. The molecule has 30 heavy (non-hydrogen) atoms. The van der Waals surface area contributed by atoms with Crippen molar-refractivity contribution in [2.24, 2.45) is 0 Å². The Morgan fingerprint density at radius 3 is 2.57 bits per heavy atom. The zero-order valence-corrected chi connectivity index (χ0v) is 19.1. The Bertz CT molecular complexity index is 1200. The number of amides is 1. The zero-order chi connectivity index (χ0) is 22.0. The van der Waals surface area contributed by atoms with Crippen LogP contribution in [0.15, 0.2) is 50.1 Å². The third kappa shape index (κ3) is 4.46. The minimum atomic E-state index is -0.760. The fraction of sp³-hybridized carbons (Fsp3) is 0.143. The highest BCUT2D eigenvalue weighted by Gasteiger charge is 2.22. The molecular formula is C21H16Br2F2N2O3. The van der Waals surface area contributed by atoms with Gasteiger partial charge in [-0.2, -0.15) is 0 Å². The molecule has 1 heterocycles. The topological polar surface area (TPSA) is 71.2 Å². The predicted octanol–water partition coefficient (Wildman–Crippen LogP) is 5.09. The molecule has 0 aliphatic rings. The molecule has 0 spiro atoms. The number of halogens is 4. The van der Waals surface area contributed by atoms with Crippen LogP contribution in [0.2, 0.25) is 0 Å². The lowest BCUT2D eigenvalue weighted by Gasteiger charge is -2.18. The molecule has 9 heteroatoms. The molecule has 156 valence electrons. The average molecular weight is 542 g/mol. The summed E-state index contributed by atoms with van der Waals surface area (Å²) in [6.07, 6.45) is 0. The van der Waals surface area contributed by atoms with Crippen LogP contribution >= 0.6 is 31.9 Å². The molecule has 0 atom stereocenters. The number of nitrogens with one attached hydrogen (secondary N) is 2. The van der Waals surface area contributed by atoms with Crippen molar-refractivity contribution in [1.82, 2.24) is 10.3 Å². The number of hydrogen-bond acceptors (Lipinski definition) is 3. The minimum Gasteiger partial charge on any atom is -0.487 e. The molecule has 0 bridgehead atoms. The summed E-state index contributed by atoms with van der Waals surface area (Å²) in [4.78, 5) is 27.5. The first-order valence-electron chi connectivity index (χ1n) is 8.74. The molecule has 0 unspecified atom stereocenters. The molecule has 1 aromatic heterocycles. The number of carbonyl (C=O) groups is 1. The van der Waals surface area contributed by atoms with Gasteiger partial charge in [-0.3, -0.25) is 9.59 Å². The summed E-state index contributed by atoms with van der Waals surface area (Å²) in [5.41, 5.74) is 1.48. The number of pyridine rings is 1. The number of rotatable bonds is 5. The van der Waals surface area contributed by atoms with Crippen molar-refractivity contribution in [2.75, 3.05) is 7.05 Å². The maximum Gasteiger partial charge on any atom is 0.266 e. The lowest BCUT2D eigenvalue weighted by molar-refractivity contribution is 0.0963. The lowest BCUT2D eigenvalue weighted by atomic mass is 9.97. The van der Waals surface area contributed by atoms with Crippen LogP contribution in [0.4, 0.5) is 8.78 Å². The molecule has 0 aliphatic carbocycles. The third-order valence-corrected chi connectivity index (χ3v) is 5.63. The number of aromatic nitrogens is 1. The molecule has 2 aromatic carbocycles. The van der Waals surface area contributed by atoms with Crippen molar-refractivity contribution in [3.05, 3.63) is 84.2 Å². The second-order valence-electron chi connectivity index (χ2n) is 6.39. The summed E-state index contributed by atoms with van der Waals surface area (Å²) in [6, 6.07) is 8.27. The van der Waals surface area contributed by atoms with Gasteiger partial charge in [-0.15, -0.1) is 0 Å². The smallest absolute Gasteiger partial charge is 0.266 e. The van der Waals surface area contributed by atoms with Crippen LogP contribution in [0.3, 0.4) is 0 Å². The van der Waals surface area contributed by atoms with Gasteiger partial charge in [-0.1, -0.05) is 22.0 Å². The molecule has 5 nitrogen and oxygen atoms in total. The van der Waals surface area contributed by atoms with Gasteiger partial charge in [0.25, 0.3) is 11.5 Å². The first kappa shape index (κ1) is 22.2. The first-order chi connectivity index (χ1) is 14.2. The van der Waals surface area contributed by atoms with Gasteiger partial charge in [0.15, 0.2) is 0 Å². The van der Waals surface area contributed by atoms with E-state index in [1.54, 1.807) is 25.1 Å². The van der Waals surface area contributed by atoms with Crippen LogP contribution in [-0.4, -0.2) is 17.9 Å². The number of benzene rings is 2. The van der Waals surface area contributed by atoms with E-state index in [0.29, 0.717) is 26.9 Å².